The number of nitrogens with zero attached hydrogens (tertiary/aromatic N) is 2. The van der Waals surface area contributed by atoms with Gasteiger partial charge in [0.2, 0.25) is 0 Å². The van der Waals surface area contributed by atoms with Crippen molar-refractivity contribution in [3.63, 3.8) is 0 Å². The van der Waals surface area contributed by atoms with Crippen molar-refractivity contribution < 1.29 is 9.63 Å². The molecule has 6 heteroatoms. The van der Waals surface area contributed by atoms with Crippen LogP contribution in [0.15, 0.2) is 46.9 Å². The molecule has 26 heavy (non-hydrogen) atoms. The summed E-state index contributed by atoms with van der Waals surface area (Å²) in [5, 5.41) is 6.94. The van der Waals surface area contributed by atoms with Gasteiger partial charge in [0, 0.05) is 41.4 Å². The Balaban J connectivity index is 1.40. The summed E-state index contributed by atoms with van der Waals surface area (Å²) in [5.74, 6) is -0.430. The molecule has 4 rings (SSSR count). The molecule has 0 aliphatic carbocycles. The van der Waals surface area contributed by atoms with Crippen LogP contribution < -0.4 is 0 Å². The fourth-order valence-corrected chi connectivity index (χ4v) is 4.78. The van der Waals surface area contributed by atoms with Gasteiger partial charge in [-0.2, -0.15) is 0 Å². The number of rotatable bonds is 4. The summed E-state index contributed by atoms with van der Waals surface area (Å²) in [6.45, 7) is 1.02. The molecule has 1 aromatic heterocycles. The summed E-state index contributed by atoms with van der Waals surface area (Å²) in [4.78, 5) is 21.4. The standard InChI is InChI=1S/C20H21ClN2O2S/c21-15-8-6-14(7-9-15)20(24)25-22-16-11-17-3-1-4-18(12-16)23(17)13-19-5-2-10-26-19/h2,5-10,17-18H,1,3-4,11-13H2/t17-,18-/m0/s1. The van der Waals surface area contributed by atoms with Crippen LogP contribution in [0.25, 0.3) is 0 Å². The van der Waals surface area contributed by atoms with E-state index in [1.807, 2.05) is 11.3 Å². The van der Waals surface area contributed by atoms with Crippen LogP contribution in [0, 0.1) is 0 Å². The van der Waals surface area contributed by atoms with Crippen LogP contribution in [0.3, 0.4) is 0 Å². The Hall–Kier alpha value is -1.69. The van der Waals surface area contributed by atoms with Gasteiger partial charge in [-0.1, -0.05) is 29.2 Å². The summed E-state index contributed by atoms with van der Waals surface area (Å²) < 4.78 is 0. The molecule has 2 saturated heterocycles. The number of halogens is 1. The van der Waals surface area contributed by atoms with Crippen molar-refractivity contribution in [2.24, 2.45) is 5.16 Å². The highest BCUT2D eigenvalue weighted by atomic mass is 35.5. The third kappa shape index (κ3) is 4.00. The average Bonchev–Trinajstić information content (AvgIpc) is 3.13. The predicted octanol–water partition coefficient (Wildman–Crippen LogP) is 5.13. The van der Waals surface area contributed by atoms with Gasteiger partial charge >= 0.3 is 5.97 Å². The lowest BCUT2D eigenvalue weighted by atomic mass is 9.83. The molecule has 0 radical (unpaired) electrons. The smallest absolute Gasteiger partial charge is 0.313 e. The van der Waals surface area contributed by atoms with Gasteiger partial charge in [-0.05, 0) is 48.6 Å². The van der Waals surface area contributed by atoms with Crippen molar-refractivity contribution >= 4 is 34.6 Å². The molecule has 136 valence electrons. The Labute approximate surface area is 162 Å². The molecular formula is C20H21ClN2O2S. The molecule has 2 atom stereocenters. The summed E-state index contributed by atoms with van der Waals surface area (Å²) >= 11 is 7.67. The van der Waals surface area contributed by atoms with Crippen molar-refractivity contribution in [2.45, 2.75) is 50.7 Å². The number of hydrogen-bond acceptors (Lipinski definition) is 5. The predicted molar refractivity (Wildman–Crippen MR) is 105 cm³/mol. The molecule has 0 amide bonds. The number of benzene rings is 1. The first-order valence-electron chi connectivity index (χ1n) is 9.00. The molecule has 2 bridgehead atoms. The number of carbonyl (C=O) groups is 1. The van der Waals surface area contributed by atoms with E-state index >= 15 is 0 Å². The van der Waals surface area contributed by atoms with Gasteiger partial charge in [0.05, 0.1) is 11.3 Å². The monoisotopic (exact) mass is 388 g/mol. The van der Waals surface area contributed by atoms with Crippen LogP contribution in [0.4, 0.5) is 0 Å². The van der Waals surface area contributed by atoms with Crippen LogP contribution in [0.5, 0.6) is 0 Å². The van der Waals surface area contributed by atoms with Crippen molar-refractivity contribution in [1.29, 1.82) is 0 Å². The molecule has 0 spiro atoms. The maximum absolute atomic E-state index is 12.1. The Bertz CT molecular complexity index is 773. The number of oxime groups is 1. The molecule has 2 aromatic rings. The lowest BCUT2D eigenvalue weighted by Crippen LogP contribution is -2.51. The zero-order chi connectivity index (χ0) is 17.9. The maximum Gasteiger partial charge on any atom is 0.365 e. The lowest BCUT2D eigenvalue weighted by molar-refractivity contribution is 0.0478. The first-order chi connectivity index (χ1) is 12.7. The first kappa shape index (κ1) is 17.7. The Kier molecular flexibility index (Phi) is 5.38. The van der Waals surface area contributed by atoms with E-state index in [9.17, 15) is 4.79 Å². The van der Waals surface area contributed by atoms with Crippen LogP contribution >= 0.6 is 22.9 Å². The van der Waals surface area contributed by atoms with E-state index in [0.717, 1.165) is 25.1 Å². The molecule has 1 aromatic carbocycles. The van der Waals surface area contributed by atoms with Crippen molar-refractivity contribution in [2.75, 3.05) is 0 Å². The van der Waals surface area contributed by atoms with E-state index < -0.39 is 5.97 Å². The maximum atomic E-state index is 12.1. The summed E-state index contributed by atoms with van der Waals surface area (Å²) in [7, 11) is 0. The zero-order valence-corrected chi connectivity index (χ0v) is 16.0. The minimum atomic E-state index is -0.430. The van der Waals surface area contributed by atoms with Crippen molar-refractivity contribution in [1.82, 2.24) is 4.90 Å². The Morgan fingerprint density at radius 3 is 2.58 bits per heavy atom. The van der Waals surface area contributed by atoms with E-state index in [1.54, 1.807) is 24.3 Å². The molecule has 2 aliphatic rings. The average molecular weight is 389 g/mol. The third-order valence-electron chi connectivity index (χ3n) is 5.21. The lowest BCUT2D eigenvalue weighted by Gasteiger charge is -2.46. The van der Waals surface area contributed by atoms with Gasteiger partial charge in [-0.15, -0.1) is 11.3 Å². The van der Waals surface area contributed by atoms with Gasteiger partial charge in [0.15, 0.2) is 0 Å². The molecule has 3 heterocycles. The van der Waals surface area contributed by atoms with Crippen LogP contribution in [-0.2, 0) is 11.4 Å². The number of fused-ring (bicyclic) bond motifs is 2. The van der Waals surface area contributed by atoms with E-state index in [1.165, 1.54) is 24.1 Å². The first-order valence-corrected chi connectivity index (χ1v) is 10.3. The number of piperidine rings is 2. The topological polar surface area (TPSA) is 41.9 Å². The summed E-state index contributed by atoms with van der Waals surface area (Å²) in [6, 6.07) is 12.0. The van der Waals surface area contributed by atoms with E-state index in [0.29, 0.717) is 22.7 Å². The molecular weight excluding hydrogens is 368 g/mol. The highest BCUT2D eigenvalue weighted by molar-refractivity contribution is 7.09. The largest absolute Gasteiger partial charge is 0.365 e. The highest BCUT2D eigenvalue weighted by Crippen LogP contribution is 2.34. The second kappa shape index (κ2) is 7.91. The molecule has 0 N–H and O–H groups in total. The Morgan fingerprint density at radius 2 is 1.92 bits per heavy atom. The van der Waals surface area contributed by atoms with Gasteiger partial charge in [0.25, 0.3) is 0 Å². The Morgan fingerprint density at radius 1 is 1.19 bits per heavy atom. The van der Waals surface area contributed by atoms with Gasteiger partial charge in [-0.25, -0.2) is 4.79 Å². The van der Waals surface area contributed by atoms with Gasteiger partial charge < -0.3 is 4.84 Å². The number of hydrogen-bond donors (Lipinski definition) is 0. The van der Waals surface area contributed by atoms with E-state index in [4.69, 9.17) is 16.4 Å². The summed E-state index contributed by atoms with van der Waals surface area (Å²) in [6.07, 6.45) is 5.41. The molecule has 4 nitrogen and oxygen atoms in total. The second-order valence-electron chi connectivity index (χ2n) is 6.94. The molecule has 2 fully saturated rings. The van der Waals surface area contributed by atoms with E-state index in [2.05, 4.69) is 27.6 Å². The highest BCUT2D eigenvalue weighted by Gasteiger charge is 2.37. The van der Waals surface area contributed by atoms with Crippen LogP contribution in [0.1, 0.15) is 47.3 Å². The normalized spacial score (nSPS) is 22.9. The van der Waals surface area contributed by atoms with Gasteiger partial charge in [-0.3, -0.25) is 4.90 Å². The number of thiophene rings is 1. The van der Waals surface area contributed by atoms with Crippen molar-refractivity contribution in [3.05, 3.63) is 57.2 Å². The minimum absolute atomic E-state index is 0.430. The molecule has 2 aliphatic heterocycles. The molecule has 0 unspecified atom stereocenters. The van der Waals surface area contributed by atoms with Crippen molar-refractivity contribution in [3.8, 4) is 0 Å². The zero-order valence-electron chi connectivity index (χ0n) is 14.4. The van der Waals surface area contributed by atoms with E-state index in [-0.39, 0.29) is 0 Å². The van der Waals surface area contributed by atoms with Gasteiger partial charge in [0.1, 0.15) is 0 Å². The molecule has 0 saturated carbocycles. The number of carbonyl (C=O) groups excluding carboxylic acids is 1. The fraction of sp³-hybridized carbons (Fsp3) is 0.400. The van der Waals surface area contributed by atoms with Crippen LogP contribution in [-0.4, -0.2) is 28.7 Å². The second-order valence-corrected chi connectivity index (χ2v) is 8.41. The minimum Gasteiger partial charge on any atom is -0.313 e. The fourth-order valence-electron chi connectivity index (χ4n) is 3.94. The third-order valence-corrected chi connectivity index (χ3v) is 6.32. The SMILES string of the molecule is O=C(ON=C1C[C@@H]2CCC[C@@H](C1)N2Cc1cccs1)c1ccc(Cl)cc1. The van der Waals surface area contributed by atoms with Crippen LogP contribution in [0.2, 0.25) is 5.02 Å². The summed E-state index contributed by atoms with van der Waals surface area (Å²) in [5.41, 5.74) is 1.47. The quantitative estimate of drug-likeness (QED) is 0.538.